The standard InChI is InChI=1S/C15H22N2O6.C10H17NO5/c18-9-15(10-19,13(22)5-1-3-7-16-11-20)14(23)6-2-4-8-17-12-21;12-5-10(6-13,7-14)9(16)3-1-2-4-11-8-15/h5-6,18-19,22-23H,1-4,7-10H2;3,12-14,16H,1-2,4-7H2. The minimum absolute atomic E-state index is 0.248. The van der Waals surface area contributed by atoms with Gasteiger partial charge in [-0.3, -0.25) is 0 Å². The van der Waals surface area contributed by atoms with Gasteiger partial charge in [0, 0.05) is 0 Å². The minimum Gasteiger partial charge on any atom is -0.512 e. The Bertz CT molecular complexity index is 856. The molecule has 0 aliphatic rings. The number of nitrogens with zero attached hydrogens (tertiary/aromatic N) is 3. The van der Waals surface area contributed by atoms with Gasteiger partial charge in [0.2, 0.25) is 18.2 Å². The second kappa shape index (κ2) is 23.7. The lowest BCUT2D eigenvalue weighted by Crippen LogP contribution is -2.36. The lowest BCUT2D eigenvalue weighted by Gasteiger charge is -2.28. The van der Waals surface area contributed by atoms with E-state index >= 15 is 0 Å². The van der Waals surface area contributed by atoms with Crippen LogP contribution >= 0.6 is 0 Å². The maximum absolute atomic E-state index is 10.1. The summed E-state index contributed by atoms with van der Waals surface area (Å²) >= 11 is 0. The molecule has 0 aromatic rings. The van der Waals surface area contributed by atoms with Crippen LogP contribution in [0.3, 0.4) is 0 Å². The molecule has 0 aromatic heterocycles. The number of hydrogen-bond acceptors (Lipinski definition) is 14. The van der Waals surface area contributed by atoms with Gasteiger partial charge in [0.25, 0.3) is 0 Å². The van der Waals surface area contributed by atoms with E-state index in [1.165, 1.54) is 36.5 Å². The van der Waals surface area contributed by atoms with E-state index in [-0.39, 0.29) is 30.4 Å². The van der Waals surface area contributed by atoms with Crippen molar-refractivity contribution in [2.75, 3.05) is 52.7 Å². The number of allylic oxidation sites excluding steroid dienone is 3. The highest BCUT2D eigenvalue weighted by molar-refractivity contribution is 5.33. The molecule has 0 atom stereocenters. The van der Waals surface area contributed by atoms with Crippen molar-refractivity contribution in [3.8, 4) is 0 Å². The average Bonchev–Trinajstić information content (AvgIpc) is 2.95. The number of unbranched alkanes of at least 4 members (excludes halogenated alkanes) is 3. The van der Waals surface area contributed by atoms with Gasteiger partial charge in [-0.1, -0.05) is 0 Å². The Morgan fingerprint density at radius 1 is 0.538 bits per heavy atom. The first kappa shape index (κ1) is 37.7. The van der Waals surface area contributed by atoms with Crippen molar-refractivity contribution in [1.29, 1.82) is 0 Å². The van der Waals surface area contributed by atoms with Crippen LogP contribution in [0, 0.1) is 10.8 Å². The fourth-order valence-electron chi connectivity index (χ4n) is 2.87. The monoisotopic (exact) mass is 557 g/mol. The molecule has 0 spiro atoms. The van der Waals surface area contributed by atoms with Crippen molar-refractivity contribution < 1.29 is 55.2 Å². The molecule has 0 unspecified atom stereocenters. The van der Waals surface area contributed by atoms with Gasteiger partial charge in [-0.05, 0) is 56.8 Å². The van der Waals surface area contributed by atoms with Gasteiger partial charge in [-0.25, -0.2) is 29.4 Å². The second-order valence-corrected chi connectivity index (χ2v) is 8.27. The minimum atomic E-state index is -1.68. The molecule has 0 amide bonds. The largest absolute Gasteiger partial charge is 0.512 e. The Kier molecular flexibility index (Phi) is 22.9. The van der Waals surface area contributed by atoms with Crippen molar-refractivity contribution in [3.63, 3.8) is 0 Å². The van der Waals surface area contributed by atoms with Gasteiger partial charge in [-0.15, -0.1) is 0 Å². The number of rotatable bonds is 20. The SMILES string of the molecule is O=C=NCCCC=C(O)C(CO)(CO)C(O)=CCCCN=C=O.O=C=NCCCC=C(O)C(CO)(CO)CO. The van der Waals surface area contributed by atoms with Crippen LogP contribution in [0.1, 0.15) is 38.5 Å². The van der Waals surface area contributed by atoms with Crippen molar-refractivity contribution in [2.24, 2.45) is 25.8 Å². The van der Waals surface area contributed by atoms with Gasteiger partial charge in [0.15, 0.2) is 0 Å². The highest BCUT2D eigenvalue weighted by Gasteiger charge is 2.38. The van der Waals surface area contributed by atoms with Gasteiger partial charge >= 0.3 is 0 Å². The Balaban J connectivity index is 0. The second-order valence-electron chi connectivity index (χ2n) is 8.27. The van der Waals surface area contributed by atoms with Crippen molar-refractivity contribution >= 4 is 18.2 Å². The molecule has 220 valence electrons. The van der Waals surface area contributed by atoms with Crippen LogP contribution in [0.15, 0.2) is 50.5 Å². The van der Waals surface area contributed by atoms with Crippen LogP contribution < -0.4 is 0 Å². The summed E-state index contributed by atoms with van der Waals surface area (Å²) in [7, 11) is 0. The molecule has 39 heavy (non-hydrogen) atoms. The zero-order valence-corrected chi connectivity index (χ0v) is 21.8. The molecule has 0 radical (unpaired) electrons. The van der Waals surface area contributed by atoms with Crippen LogP contribution in [0.2, 0.25) is 0 Å². The van der Waals surface area contributed by atoms with Crippen LogP contribution in [0.5, 0.6) is 0 Å². The molecule has 0 heterocycles. The first-order valence-electron chi connectivity index (χ1n) is 12.1. The maximum Gasteiger partial charge on any atom is 0.234 e. The average molecular weight is 558 g/mol. The maximum atomic E-state index is 10.1. The molecule has 8 N–H and O–H groups in total. The fourth-order valence-corrected chi connectivity index (χ4v) is 2.87. The predicted molar refractivity (Wildman–Crippen MR) is 139 cm³/mol. The quantitative estimate of drug-likeness (QED) is 0.0445. The number of carbonyl (C=O) groups excluding carboxylic acids is 3. The van der Waals surface area contributed by atoms with Crippen LogP contribution in [-0.4, -0.2) is 112 Å². The molecule has 0 aliphatic carbocycles. The topological polar surface area (TPSA) is 250 Å². The van der Waals surface area contributed by atoms with E-state index in [0.717, 1.165) is 0 Å². The van der Waals surface area contributed by atoms with Gasteiger partial charge in [-0.2, -0.15) is 0 Å². The van der Waals surface area contributed by atoms with E-state index < -0.39 is 43.9 Å². The molecule has 14 nitrogen and oxygen atoms in total. The Hall–Kier alpha value is -3.44. The van der Waals surface area contributed by atoms with E-state index in [9.17, 15) is 39.9 Å². The van der Waals surface area contributed by atoms with Crippen molar-refractivity contribution in [2.45, 2.75) is 38.5 Å². The highest BCUT2D eigenvalue weighted by Crippen LogP contribution is 2.33. The number of hydrogen-bond donors (Lipinski definition) is 8. The van der Waals surface area contributed by atoms with Crippen molar-refractivity contribution in [1.82, 2.24) is 0 Å². The number of aliphatic hydroxyl groups is 8. The van der Waals surface area contributed by atoms with Gasteiger partial charge < -0.3 is 40.9 Å². The zero-order chi connectivity index (χ0) is 30.0. The van der Waals surface area contributed by atoms with Crippen LogP contribution in [-0.2, 0) is 14.4 Å². The summed E-state index contributed by atoms with van der Waals surface area (Å²) < 4.78 is 0. The summed E-state index contributed by atoms with van der Waals surface area (Å²) in [6.07, 6.45) is 10.9. The summed E-state index contributed by atoms with van der Waals surface area (Å²) in [6.45, 7) is -2.22. The van der Waals surface area contributed by atoms with Gasteiger partial charge in [0.05, 0.1) is 58.1 Å². The fraction of sp³-hybridized carbons (Fsp3) is 0.640. The normalized spacial score (nSPS) is 12.4. The number of aliphatic imine (C=N–C) groups is 3. The summed E-state index contributed by atoms with van der Waals surface area (Å²) in [6, 6.07) is 0. The molecule has 0 bridgehead atoms. The smallest absolute Gasteiger partial charge is 0.234 e. The molecule has 0 aliphatic heterocycles. The molecule has 0 fully saturated rings. The van der Waals surface area contributed by atoms with E-state index in [4.69, 9.17) is 15.3 Å². The molecule has 0 saturated heterocycles. The number of isocyanates is 3. The molecule has 0 saturated carbocycles. The van der Waals surface area contributed by atoms with E-state index in [1.807, 2.05) is 0 Å². The van der Waals surface area contributed by atoms with E-state index in [2.05, 4.69) is 15.0 Å². The summed E-state index contributed by atoms with van der Waals surface area (Å²) in [5, 5.41) is 75.8. The number of aliphatic hydroxyl groups excluding tert-OH is 8. The lowest BCUT2D eigenvalue weighted by molar-refractivity contribution is 0.00455. The van der Waals surface area contributed by atoms with Gasteiger partial charge in [0.1, 0.15) is 22.7 Å². The van der Waals surface area contributed by atoms with E-state index in [1.54, 1.807) is 0 Å². The molecular weight excluding hydrogens is 518 g/mol. The first-order valence-corrected chi connectivity index (χ1v) is 12.1. The first-order chi connectivity index (χ1) is 18.7. The predicted octanol–water partition coefficient (Wildman–Crippen LogP) is 0.581. The Labute approximate surface area is 226 Å². The molecular formula is C25H39N3O11. The molecule has 14 heteroatoms. The third-order valence-corrected chi connectivity index (χ3v) is 5.60. The van der Waals surface area contributed by atoms with Crippen LogP contribution in [0.25, 0.3) is 0 Å². The Morgan fingerprint density at radius 3 is 1.10 bits per heavy atom. The molecule has 0 aromatic carbocycles. The van der Waals surface area contributed by atoms with Crippen LogP contribution in [0.4, 0.5) is 0 Å². The summed E-state index contributed by atoms with van der Waals surface area (Å²) in [5.74, 6) is -0.982. The van der Waals surface area contributed by atoms with E-state index in [0.29, 0.717) is 45.1 Å². The third-order valence-electron chi connectivity index (χ3n) is 5.60. The molecule has 0 rings (SSSR count). The zero-order valence-electron chi connectivity index (χ0n) is 21.8. The highest BCUT2D eigenvalue weighted by atomic mass is 16.3. The summed E-state index contributed by atoms with van der Waals surface area (Å²) in [5.41, 5.74) is -3.07. The lowest BCUT2D eigenvalue weighted by atomic mass is 9.84. The summed E-state index contributed by atoms with van der Waals surface area (Å²) in [4.78, 5) is 39.6. The Morgan fingerprint density at radius 2 is 0.846 bits per heavy atom. The van der Waals surface area contributed by atoms with Crippen molar-refractivity contribution in [3.05, 3.63) is 35.5 Å². The third kappa shape index (κ3) is 14.3.